The summed E-state index contributed by atoms with van der Waals surface area (Å²) in [5.41, 5.74) is 0. The molecular weight excluding hydrogens is 318 g/mol. The second-order valence-corrected chi connectivity index (χ2v) is 6.93. The fraction of sp³-hybridized carbons (Fsp3) is 0.533. The van der Waals surface area contributed by atoms with Crippen LogP contribution in [0, 0.1) is 6.92 Å². The van der Waals surface area contributed by atoms with Crippen LogP contribution in [0.5, 0.6) is 0 Å². The van der Waals surface area contributed by atoms with E-state index >= 15 is 0 Å². The molecule has 5 nitrogen and oxygen atoms in total. The van der Waals surface area contributed by atoms with Crippen molar-refractivity contribution >= 4 is 39.2 Å². The zero-order valence-electron chi connectivity index (χ0n) is 13.1. The van der Waals surface area contributed by atoms with Gasteiger partial charge in [0.25, 0.3) is 0 Å². The second kappa shape index (κ2) is 8.45. The van der Waals surface area contributed by atoms with E-state index in [0.29, 0.717) is 18.9 Å². The van der Waals surface area contributed by atoms with E-state index in [1.807, 2.05) is 6.92 Å². The molecule has 1 N–H and O–H groups in total. The van der Waals surface area contributed by atoms with Gasteiger partial charge in [-0.25, -0.2) is 9.97 Å². The van der Waals surface area contributed by atoms with Crippen molar-refractivity contribution in [1.82, 2.24) is 15.3 Å². The number of nitrogens with zero attached hydrogens (tertiary/aromatic N) is 2. The fourth-order valence-corrected chi connectivity index (χ4v) is 3.92. The number of amides is 1. The van der Waals surface area contributed by atoms with Crippen LogP contribution in [0.25, 0.3) is 10.2 Å². The number of hydrogen-bond acceptors (Lipinski definition) is 6. The third kappa shape index (κ3) is 4.66. The highest BCUT2D eigenvalue weighted by Crippen LogP contribution is 2.31. The summed E-state index contributed by atoms with van der Waals surface area (Å²) in [6.07, 6.45) is 1.82. The molecule has 0 unspecified atom stereocenters. The zero-order valence-corrected chi connectivity index (χ0v) is 14.8. The van der Waals surface area contributed by atoms with Crippen LogP contribution < -0.4 is 5.32 Å². The number of aromatic nitrogens is 2. The number of rotatable bonds is 8. The SMILES string of the molecule is CCc1cc2c(SCC(=O)NCCCOC)nc(C)nc2s1. The van der Waals surface area contributed by atoms with E-state index in [-0.39, 0.29) is 5.91 Å². The molecule has 0 aliphatic carbocycles. The maximum Gasteiger partial charge on any atom is 0.230 e. The molecule has 0 saturated heterocycles. The average Bonchev–Trinajstić information content (AvgIpc) is 2.92. The number of hydrogen-bond donors (Lipinski definition) is 1. The Morgan fingerprint density at radius 1 is 1.45 bits per heavy atom. The Bertz CT molecular complexity index is 643. The van der Waals surface area contributed by atoms with Gasteiger partial charge in [-0.3, -0.25) is 4.79 Å². The predicted molar refractivity (Wildman–Crippen MR) is 91.8 cm³/mol. The van der Waals surface area contributed by atoms with Crippen LogP contribution >= 0.6 is 23.1 Å². The zero-order chi connectivity index (χ0) is 15.9. The minimum absolute atomic E-state index is 0.0245. The Balaban J connectivity index is 1.98. The van der Waals surface area contributed by atoms with E-state index in [4.69, 9.17) is 4.74 Å². The molecule has 0 radical (unpaired) electrons. The van der Waals surface area contributed by atoms with Gasteiger partial charge < -0.3 is 10.1 Å². The Labute approximate surface area is 138 Å². The standard InChI is InChI=1S/C15H21N3O2S2/c1-4-11-8-12-14(17-10(2)18-15(12)22-11)21-9-13(19)16-6-5-7-20-3/h8H,4-7,9H2,1-3H3,(H,16,19). The molecule has 0 aliphatic rings. The lowest BCUT2D eigenvalue weighted by Gasteiger charge is -2.05. The first-order chi connectivity index (χ1) is 10.6. The van der Waals surface area contributed by atoms with Gasteiger partial charge in [0.1, 0.15) is 15.7 Å². The van der Waals surface area contributed by atoms with Crippen molar-refractivity contribution in [2.75, 3.05) is 26.0 Å². The largest absolute Gasteiger partial charge is 0.385 e. The second-order valence-electron chi connectivity index (χ2n) is 4.85. The lowest BCUT2D eigenvalue weighted by Crippen LogP contribution is -2.26. The molecular formula is C15H21N3O2S2. The van der Waals surface area contributed by atoms with E-state index in [2.05, 4.69) is 28.3 Å². The Kier molecular flexibility index (Phi) is 6.60. The van der Waals surface area contributed by atoms with Crippen molar-refractivity contribution < 1.29 is 9.53 Å². The number of fused-ring (bicyclic) bond motifs is 1. The molecule has 0 bridgehead atoms. The Hall–Kier alpha value is -1.18. The number of ether oxygens (including phenoxy) is 1. The van der Waals surface area contributed by atoms with Crippen molar-refractivity contribution in [1.29, 1.82) is 0 Å². The molecule has 120 valence electrons. The predicted octanol–water partition coefficient (Wildman–Crippen LogP) is 2.81. The smallest absolute Gasteiger partial charge is 0.230 e. The Morgan fingerprint density at radius 2 is 2.27 bits per heavy atom. The Morgan fingerprint density at radius 3 is 3.00 bits per heavy atom. The maximum absolute atomic E-state index is 11.8. The van der Waals surface area contributed by atoms with Crippen LogP contribution in [-0.4, -0.2) is 41.9 Å². The highest BCUT2D eigenvalue weighted by molar-refractivity contribution is 8.00. The summed E-state index contributed by atoms with van der Waals surface area (Å²) in [5.74, 6) is 1.15. The topological polar surface area (TPSA) is 64.1 Å². The summed E-state index contributed by atoms with van der Waals surface area (Å²) in [7, 11) is 1.66. The normalized spacial score (nSPS) is 11.0. The first kappa shape index (κ1) is 17.2. The molecule has 0 aromatic carbocycles. The minimum atomic E-state index is 0.0245. The molecule has 1 amide bonds. The lowest BCUT2D eigenvalue weighted by atomic mass is 10.3. The van der Waals surface area contributed by atoms with Crippen LogP contribution in [0.1, 0.15) is 24.0 Å². The van der Waals surface area contributed by atoms with Crippen molar-refractivity contribution in [3.05, 3.63) is 16.8 Å². The summed E-state index contributed by atoms with van der Waals surface area (Å²) in [4.78, 5) is 23.1. The van der Waals surface area contributed by atoms with Crippen LogP contribution in [0.15, 0.2) is 11.1 Å². The molecule has 0 spiro atoms. The summed E-state index contributed by atoms with van der Waals surface area (Å²) < 4.78 is 4.95. The molecule has 0 atom stereocenters. The lowest BCUT2D eigenvalue weighted by molar-refractivity contribution is -0.118. The summed E-state index contributed by atoms with van der Waals surface area (Å²) in [6, 6.07) is 2.14. The van der Waals surface area contributed by atoms with Crippen LogP contribution in [0.2, 0.25) is 0 Å². The van der Waals surface area contributed by atoms with E-state index in [0.717, 1.165) is 33.9 Å². The van der Waals surface area contributed by atoms with Gasteiger partial charge in [0.05, 0.1) is 5.75 Å². The van der Waals surface area contributed by atoms with Gasteiger partial charge in [-0.05, 0) is 25.8 Å². The minimum Gasteiger partial charge on any atom is -0.385 e. The molecule has 2 heterocycles. The van der Waals surface area contributed by atoms with Crippen LogP contribution in [0.3, 0.4) is 0 Å². The highest BCUT2D eigenvalue weighted by atomic mass is 32.2. The van der Waals surface area contributed by atoms with E-state index in [1.165, 1.54) is 16.6 Å². The van der Waals surface area contributed by atoms with E-state index in [1.54, 1.807) is 18.4 Å². The molecule has 0 aliphatic heterocycles. The van der Waals surface area contributed by atoms with Gasteiger partial charge >= 0.3 is 0 Å². The quantitative estimate of drug-likeness (QED) is 0.455. The third-order valence-corrected chi connectivity index (χ3v) is 5.22. The monoisotopic (exact) mass is 339 g/mol. The van der Waals surface area contributed by atoms with Crippen LogP contribution in [-0.2, 0) is 16.0 Å². The van der Waals surface area contributed by atoms with Gasteiger partial charge in [-0.1, -0.05) is 18.7 Å². The van der Waals surface area contributed by atoms with Gasteiger partial charge in [-0.2, -0.15) is 0 Å². The van der Waals surface area contributed by atoms with Gasteiger partial charge in [0, 0.05) is 30.5 Å². The van der Waals surface area contributed by atoms with Crippen molar-refractivity contribution in [3.8, 4) is 0 Å². The number of thioether (sulfide) groups is 1. The average molecular weight is 339 g/mol. The van der Waals surface area contributed by atoms with Crippen molar-refractivity contribution in [3.63, 3.8) is 0 Å². The molecule has 22 heavy (non-hydrogen) atoms. The van der Waals surface area contributed by atoms with Gasteiger partial charge in [-0.15, -0.1) is 11.3 Å². The first-order valence-corrected chi connectivity index (χ1v) is 9.09. The number of thiophene rings is 1. The number of nitrogens with one attached hydrogen (secondary N) is 1. The number of methoxy groups -OCH3 is 1. The molecule has 2 aromatic heterocycles. The molecule has 2 rings (SSSR count). The maximum atomic E-state index is 11.8. The first-order valence-electron chi connectivity index (χ1n) is 7.29. The molecule has 7 heteroatoms. The highest BCUT2D eigenvalue weighted by Gasteiger charge is 2.12. The third-order valence-electron chi connectivity index (χ3n) is 3.06. The van der Waals surface area contributed by atoms with Gasteiger partial charge in [0.2, 0.25) is 5.91 Å². The summed E-state index contributed by atoms with van der Waals surface area (Å²) in [5, 5.41) is 4.84. The number of carbonyl (C=O) groups excluding carboxylic acids is 1. The van der Waals surface area contributed by atoms with Crippen molar-refractivity contribution in [2.24, 2.45) is 0 Å². The van der Waals surface area contributed by atoms with Gasteiger partial charge in [0.15, 0.2) is 0 Å². The van der Waals surface area contributed by atoms with E-state index < -0.39 is 0 Å². The number of carbonyl (C=O) groups is 1. The van der Waals surface area contributed by atoms with E-state index in [9.17, 15) is 4.79 Å². The molecule has 0 saturated carbocycles. The van der Waals surface area contributed by atoms with Crippen molar-refractivity contribution in [2.45, 2.75) is 31.7 Å². The summed E-state index contributed by atoms with van der Waals surface area (Å²) >= 11 is 3.17. The number of aryl methyl sites for hydroxylation is 2. The molecule has 2 aromatic rings. The fourth-order valence-electron chi connectivity index (χ4n) is 1.96. The van der Waals surface area contributed by atoms with Crippen LogP contribution in [0.4, 0.5) is 0 Å². The summed E-state index contributed by atoms with van der Waals surface area (Å²) in [6.45, 7) is 5.32. The molecule has 0 fully saturated rings.